The van der Waals surface area contributed by atoms with Gasteiger partial charge < -0.3 is 0 Å². The van der Waals surface area contributed by atoms with E-state index in [2.05, 4.69) is 10.1 Å². The lowest BCUT2D eigenvalue weighted by Crippen LogP contribution is -2.42. The number of benzene rings is 1. The van der Waals surface area contributed by atoms with Crippen molar-refractivity contribution in [2.75, 3.05) is 0 Å². The van der Waals surface area contributed by atoms with Crippen LogP contribution < -0.4 is 10.9 Å². The fourth-order valence-electron chi connectivity index (χ4n) is 2.32. The average molecular weight is 410 g/mol. The molecule has 0 saturated heterocycles. The highest BCUT2D eigenvalue weighted by molar-refractivity contribution is 6.30. The summed E-state index contributed by atoms with van der Waals surface area (Å²) in [7, 11) is 0. The minimum Gasteiger partial charge on any atom is -0.267 e. The number of carbonyl (C=O) groups excluding carboxylic acids is 2. The summed E-state index contributed by atoms with van der Waals surface area (Å²) in [5, 5.41) is 3.99. The highest BCUT2D eigenvalue weighted by atomic mass is 35.5. The first kappa shape index (κ1) is 19.4. The van der Waals surface area contributed by atoms with Crippen molar-refractivity contribution in [3.05, 3.63) is 76.8 Å². The molecule has 7 nitrogen and oxygen atoms in total. The van der Waals surface area contributed by atoms with Crippen LogP contribution in [0.4, 0.5) is 13.2 Å². The Hall–Kier alpha value is -3.40. The molecule has 2 aromatic heterocycles. The monoisotopic (exact) mass is 409 g/mol. The number of nitrogens with one attached hydrogen (secondary N) is 2. The predicted molar refractivity (Wildman–Crippen MR) is 92.7 cm³/mol. The molecule has 11 heteroatoms. The van der Waals surface area contributed by atoms with Crippen molar-refractivity contribution in [1.82, 2.24) is 25.6 Å². The first-order valence-corrected chi connectivity index (χ1v) is 8.07. The number of rotatable bonds is 3. The summed E-state index contributed by atoms with van der Waals surface area (Å²) in [6.07, 6.45) is -1.43. The van der Waals surface area contributed by atoms with Crippen LogP contribution in [0.3, 0.4) is 0 Å². The van der Waals surface area contributed by atoms with Crippen LogP contribution in [0.5, 0.6) is 0 Å². The standard InChI is InChI=1S/C17H11ClF3N5O2/c18-11-3-5-12(6-4-11)26-14(17(19,20)21)13(9-23-26)16(28)25-24-15(27)10-2-1-7-22-8-10/h1-9H,(H,24,27)(H,25,28). The number of amides is 2. The minimum absolute atomic E-state index is 0.0650. The molecule has 0 radical (unpaired) electrons. The molecule has 0 saturated carbocycles. The maximum atomic E-state index is 13.6. The zero-order valence-electron chi connectivity index (χ0n) is 13.9. The van der Waals surface area contributed by atoms with Crippen LogP contribution in [0, 0.1) is 0 Å². The number of hydrogen-bond acceptors (Lipinski definition) is 4. The third-order valence-electron chi connectivity index (χ3n) is 3.57. The van der Waals surface area contributed by atoms with Gasteiger partial charge in [-0.2, -0.15) is 18.3 Å². The Kier molecular flexibility index (Phi) is 5.32. The van der Waals surface area contributed by atoms with Crippen molar-refractivity contribution in [2.24, 2.45) is 0 Å². The third-order valence-corrected chi connectivity index (χ3v) is 3.82. The molecule has 0 aliphatic carbocycles. The molecular weight excluding hydrogens is 399 g/mol. The second-order valence-electron chi connectivity index (χ2n) is 5.44. The molecule has 2 N–H and O–H groups in total. The van der Waals surface area contributed by atoms with Gasteiger partial charge in [-0.25, -0.2) is 4.68 Å². The Balaban J connectivity index is 1.86. The number of aromatic nitrogens is 3. The number of alkyl halides is 3. The number of carbonyl (C=O) groups is 2. The molecule has 3 aromatic rings. The van der Waals surface area contributed by atoms with Gasteiger partial charge in [0.1, 0.15) is 0 Å². The van der Waals surface area contributed by atoms with E-state index in [1.54, 1.807) is 0 Å². The molecule has 144 valence electrons. The highest BCUT2D eigenvalue weighted by Crippen LogP contribution is 2.33. The largest absolute Gasteiger partial charge is 0.434 e. The van der Waals surface area contributed by atoms with E-state index in [4.69, 9.17) is 11.6 Å². The van der Waals surface area contributed by atoms with E-state index in [-0.39, 0.29) is 11.3 Å². The molecule has 2 amide bonds. The van der Waals surface area contributed by atoms with Gasteiger partial charge in [0.15, 0.2) is 5.69 Å². The first-order chi connectivity index (χ1) is 13.3. The third kappa shape index (κ3) is 4.12. The lowest BCUT2D eigenvalue weighted by Gasteiger charge is -2.13. The first-order valence-electron chi connectivity index (χ1n) is 7.69. The van der Waals surface area contributed by atoms with Crippen LogP contribution in [0.1, 0.15) is 26.4 Å². The average Bonchev–Trinajstić information content (AvgIpc) is 3.13. The summed E-state index contributed by atoms with van der Waals surface area (Å²) < 4.78 is 41.3. The Morgan fingerprint density at radius 1 is 1.00 bits per heavy atom. The highest BCUT2D eigenvalue weighted by Gasteiger charge is 2.40. The van der Waals surface area contributed by atoms with Crippen LogP contribution in [-0.4, -0.2) is 26.6 Å². The zero-order chi connectivity index (χ0) is 20.3. The molecular formula is C17H11ClF3N5O2. The van der Waals surface area contributed by atoms with Gasteiger partial charge in [-0.05, 0) is 36.4 Å². The second-order valence-corrected chi connectivity index (χ2v) is 5.88. The van der Waals surface area contributed by atoms with Gasteiger partial charge in [-0.3, -0.25) is 25.4 Å². The van der Waals surface area contributed by atoms with Gasteiger partial charge >= 0.3 is 6.18 Å². The summed E-state index contributed by atoms with van der Waals surface area (Å²) in [5.41, 5.74) is 2.12. The van der Waals surface area contributed by atoms with Gasteiger partial charge in [0.05, 0.1) is 23.0 Å². The van der Waals surface area contributed by atoms with Crippen molar-refractivity contribution in [1.29, 1.82) is 0 Å². The Morgan fingerprint density at radius 2 is 1.68 bits per heavy atom. The maximum Gasteiger partial charge on any atom is 0.434 e. The smallest absolute Gasteiger partial charge is 0.267 e. The van der Waals surface area contributed by atoms with E-state index >= 15 is 0 Å². The van der Waals surface area contributed by atoms with Gasteiger partial charge in [0.25, 0.3) is 11.8 Å². The van der Waals surface area contributed by atoms with Crippen LogP contribution in [0.15, 0.2) is 55.0 Å². The quantitative estimate of drug-likeness (QED) is 0.651. The maximum absolute atomic E-state index is 13.6. The molecule has 0 fully saturated rings. The summed E-state index contributed by atoms with van der Waals surface area (Å²) >= 11 is 5.75. The number of hydrazine groups is 1. The van der Waals surface area contributed by atoms with E-state index in [9.17, 15) is 22.8 Å². The summed E-state index contributed by atoms with van der Waals surface area (Å²) in [6.45, 7) is 0. The SMILES string of the molecule is O=C(NNC(=O)c1cnn(-c2ccc(Cl)cc2)c1C(F)(F)F)c1cccnc1. The van der Waals surface area contributed by atoms with Crippen molar-refractivity contribution < 1.29 is 22.8 Å². The van der Waals surface area contributed by atoms with Crippen LogP contribution in [0.2, 0.25) is 5.02 Å². The molecule has 3 rings (SSSR count). The van der Waals surface area contributed by atoms with Crippen LogP contribution in [-0.2, 0) is 6.18 Å². The van der Waals surface area contributed by atoms with Gasteiger partial charge in [-0.1, -0.05) is 11.6 Å². The summed E-state index contributed by atoms with van der Waals surface area (Å²) in [5.74, 6) is -1.91. The molecule has 28 heavy (non-hydrogen) atoms. The predicted octanol–water partition coefficient (Wildman–Crippen LogP) is 3.01. The number of hydrogen-bond donors (Lipinski definition) is 2. The van der Waals surface area contributed by atoms with E-state index in [0.717, 1.165) is 6.20 Å². The summed E-state index contributed by atoms with van der Waals surface area (Å²) in [4.78, 5) is 27.9. The minimum atomic E-state index is -4.88. The van der Waals surface area contributed by atoms with Gasteiger partial charge in [0.2, 0.25) is 0 Å². The molecule has 0 aliphatic heterocycles. The van der Waals surface area contributed by atoms with Crippen LogP contribution in [0.25, 0.3) is 5.69 Å². The topological polar surface area (TPSA) is 88.9 Å². The normalized spacial score (nSPS) is 11.1. The van der Waals surface area contributed by atoms with Gasteiger partial charge in [0, 0.05) is 17.4 Å². The Bertz CT molecular complexity index is 1000. The lowest BCUT2D eigenvalue weighted by molar-refractivity contribution is -0.143. The molecule has 0 unspecified atom stereocenters. The Morgan fingerprint density at radius 3 is 2.29 bits per heavy atom. The number of pyridine rings is 1. The lowest BCUT2D eigenvalue weighted by atomic mass is 10.2. The molecule has 0 spiro atoms. The zero-order valence-corrected chi connectivity index (χ0v) is 14.6. The number of nitrogens with zero attached hydrogens (tertiary/aromatic N) is 3. The molecule has 1 aromatic carbocycles. The van der Waals surface area contributed by atoms with Crippen molar-refractivity contribution in [2.45, 2.75) is 6.18 Å². The van der Waals surface area contributed by atoms with E-state index in [1.807, 2.05) is 10.9 Å². The van der Waals surface area contributed by atoms with E-state index in [1.165, 1.54) is 48.8 Å². The van der Waals surface area contributed by atoms with Gasteiger partial charge in [-0.15, -0.1) is 0 Å². The fourth-order valence-corrected chi connectivity index (χ4v) is 2.44. The van der Waals surface area contributed by atoms with Crippen molar-refractivity contribution >= 4 is 23.4 Å². The Labute approximate surface area is 161 Å². The molecule has 0 aliphatic rings. The van der Waals surface area contributed by atoms with E-state index in [0.29, 0.717) is 9.70 Å². The molecule has 0 atom stereocenters. The fraction of sp³-hybridized carbons (Fsp3) is 0.0588. The second kappa shape index (κ2) is 7.69. The number of halogens is 4. The van der Waals surface area contributed by atoms with Crippen LogP contribution >= 0.6 is 11.6 Å². The van der Waals surface area contributed by atoms with Crippen molar-refractivity contribution in [3.8, 4) is 5.69 Å². The molecule has 2 heterocycles. The summed E-state index contributed by atoms with van der Waals surface area (Å²) in [6, 6.07) is 8.37. The van der Waals surface area contributed by atoms with E-state index < -0.39 is 29.2 Å². The molecule has 0 bridgehead atoms. The van der Waals surface area contributed by atoms with Crippen molar-refractivity contribution in [3.63, 3.8) is 0 Å².